The zero-order chi connectivity index (χ0) is 13.5. The van der Waals surface area contributed by atoms with Gasteiger partial charge in [-0.1, -0.05) is 31.4 Å². The predicted octanol–water partition coefficient (Wildman–Crippen LogP) is 3.02. The second-order valence-electron chi connectivity index (χ2n) is 4.00. The summed E-state index contributed by atoms with van der Waals surface area (Å²) in [6.45, 7) is 9.65. The van der Waals surface area contributed by atoms with Crippen LogP contribution in [0.15, 0.2) is 55.3 Å². The third-order valence-corrected chi connectivity index (χ3v) is 2.56. The number of ketones is 1. The Bertz CT molecular complexity index is 472. The Kier molecular flexibility index (Phi) is 5.06. The van der Waals surface area contributed by atoms with E-state index in [1.807, 2.05) is 24.1 Å². The van der Waals surface area contributed by atoms with E-state index in [1.54, 1.807) is 24.4 Å². The first-order valence-electron chi connectivity index (χ1n) is 5.70. The summed E-state index contributed by atoms with van der Waals surface area (Å²) < 4.78 is 0. The van der Waals surface area contributed by atoms with Crippen molar-refractivity contribution < 1.29 is 4.79 Å². The molecule has 1 aromatic heterocycles. The Morgan fingerprint density at radius 1 is 1.44 bits per heavy atom. The highest BCUT2D eigenvalue weighted by Crippen LogP contribution is 2.12. The van der Waals surface area contributed by atoms with Gasteiger partial charge in [0.1, 0.15) is 5.82 Å². The molecule has 3 nitrogen and oxygen atoms in total. The zero-order valence-electron chi connectivity index (χ0n) is 10.9. The summed E-state index contributed by atoms with van der Waals surface area (Å²) in [5.41, 5.74) is 1.68. The molecule has 0 unspecified atom stereocenters. The summed E-state index contributed by atoms with van der Waals surface area (Å²) in [5, 5.41) is 0. The fourth-order valence-corrected chi connectivity index (χ4v) is 1.51. The molecule has 1 heterocycles. The molecule has 1 aromatic rings. The molecule has 0 fully saturated rings. The fraction of sp³-hybridized carbons (Fsp3) is 0.200. The molecule has 0 aliphatic heterocycles. The molecule has 0 atom stereocenters. The number of Topliss-reactive ketones (excluding diaryl/α,β-unsaturated/α-hetero) is 1. The molecule has 94 valence electrons. The Morgan fingerprint density at radius 2 is 2.17 bits per heavy atom. The van der Waals surface area contributed by atoms with Crippen LogP contribution in [0.25, 0.3) is 0 Å². The SMILES string of the molecule is C=C/C=C(\C=C)CN(C)c1ccc(C(C)=O)cn1. The summed E-state index contributed by atoms with van der Waals surface area (Å²) in [6.07, 6.45) is 7.03. The summed E-state index contributed by atoms with van der Waals surface area (Å²) >= 11 is 0. The first kappa shape index (κ1) is 13.9. The van der Waals surface area contributed by atoms with Gasteiger partial charge in [-0.25, -0.2) is 4.98 Å². The van der Waals surface area contributed by atoms with E-state index in [9.17, 15) is 4.79 Å². The summed E-state index contributed by atoms with van der Waals surface area (Å²) in [5.74, 6) is 0.840. The smallest absolute Gasteiger partial charge is 0.161 e. The van der Waals surface area contributed by atoms with Crippen molar-refractivity contribution in [2.45, 2.75) is 6.92 Å². The van der Waals surface area contributed by atoms with Crippen LogP contribution in [0.5, 0.6) is 0 Å². The highest BCUT2D eigenvalue weighted by Gasteiger charge is 2.05. The Hall–Kier alpha value is -2.16. The molecule has 0 bridgehead atoms. The minimum Gasteiger partial charge on any atom is -0.355 e. The third-order valence-electron chi connectivity index (χ3n) is 2.56. The largest absolute Gasteiger partial charge is 0.355 e. The van der Waals surface area contributed by atoms with Crippen molar-refractivity contribution in [3.05, 3.63) is 60.9 Å². The number of allylic oxidation sites excluding steroid dienone is 2. The van der Waals surface area contributed by atoms with E-state index in [1.165, 1.54) is 6.92 Å². The van der Waals surface area contributed by atoms with Crippen LogP contribution in [0.3, 0.4) is 0 Å². The number of hydrogen-bond acceptors (Lipinski definition) is 3. The maximum absolute atomic E-state index is 11.1. The van der Waals surface area contributed by atoms with Crippen molar-refractivity contribution in [3.8, 4) is 0 Å². The van der Waals surface area contributed by atoms with Crippen molar-refractivity contribution in [1.82, 2.24) is 4.98 Å². The number of pyridine rings is 1. The molecule has 0 aromatic carbocycles. The van der Waals surface area contributed by atoms with Gasteiger partial charge in [-0.05, 0) is 24.6 Å². The standard InChI is InChI=1S/C15H18N2O/c1-5-7-13(6-2)11-17(4)15-9-8-14(10-16-15)12(3)18/h5-10H,1-2,11H2,3-4H3/b13-7+. The van der Waals surface area contributed by atoms with Crippen LogP contribution in [0.1, 0.15) is 17.3 Å². The Morgan fingerprint density at radius 3 is 2.61 bits per heavy atom. The number of carbonyl (C=O) groups excluding carboxylic acids is 1. The normalized spacial score (nSPS) is 10.9. The van der Waals surface area contributed by atoms with Crippen molar-refractivity contribution in [2.24, 2.45) is 0 Å². The first-order chi connectivity index (χ1) is 8.58. The highest BCUT2D eigenvalue weighted by atomic mass is 16.1. The molecule has 0 amide bonds. The third kappa shape index (κ3) is 3.70. The number of rotatable bonds is 6. The second-order valence-corrected chi connectivity index (χ2v) is 4.00. The number of carbonyl (C=O) groups is 1. The van der Waals surface area contributed by atoms with E-state index < -0.39 is 0 Å². The minimum absolute atomic E-state index is 0.0232. The predicted molar refractivity (Wildman–Crippen MR) is 76.0 cm³/mol. The van der Waals surface area contributed by atoms with Gasteiger partial charge in [-0.2, -0.15) is 0 Å². The van der Waals surface area contributed by atoms with Crippen LogP contribution in [0.2, 0.25) is 0 Å². The monoisotopic (exact) mass is 242 g/mol. The lowest BCUT2D eigenvalue weighted by Crippen LogP contribution is -2.20. The van der Waals surface area contributed by atoms with E-state index in [0.717, 1.165) is 11.4 Å². The number of anilines is 1. The molecule has 0 aliphatic rings. The topological polar surface area (TPSA) is 33.2 Å². The van der Waals surface area contributed by atoms with Gasteiger partial charge in [0.15, 0.2) is 5.78 Å². The number of likely N-dealkylation sites (N-methyl/N-ethyl adjacent to an activating group) is 1. The quantitative estimate of drug-likeness (QED) is 0.568. The van der Waals surface area contributed by atoms with E-state index in [0.29, 0.717) is 12.1 Å². The van der Waals surface area contributed by atoms with Crippen LogP contribution < -0.4 is 4.90 Å². The molecular weight excluding hydrogens is 224 g/mol. The fourth-order valence-electron chi connectivity index (χ4n) is 1.51. The number of aromatic nitrogens is 1. The maximum Gasteiger partial charge on any atom is 0.161 e. The van der Waals surface area contributed by atoms with Gasteiger partial charge in [0.05, 0.1) is 0 Å². The van der Waals surface area contributed by atoms with Gasteiger partial charge in [-0.3, -0.25) is 4.79 Å². The van der Waals surface area contributed by atoms with E-state index in [2.05, 4.69) is 18.1 Å². The molecule has 0 aliphatic carbocycles. The van der Waals surface area contributed by atoms with Crippen molar-refractivity contribution >= 4 is 11.6 Å². The molecule has 3 heteroatoms. The van der Waals surface area contributed by atoms with Crippen LogP contribution in [-0.2, 0) is 0 Å². The van der Waals surface area contributed by atoms with Crippen molar-refractivity contribution in [2.75, 3.05) is 18.5 Å². The minimum atomic E-state index is 0.0232. The molecule has 0 N–H and O–H groups in total. The van der Waals surface area contributed by atoms with Gasteiger partial charge in [0, 0.05) is 25.4 Å². The Balaban J connectivity index is 2.81. The number of nitrogens with zero attached hydrogens (tertiary/aromatic N) is 2. The molecule has 0 spiro atoms. The van der Waals surface area contributed by atoms with Gasteiger partial charge >= 0.3 is 0 Å². The van der Waals surface area contributed by atoms with E-state index in [-0.39, 0.29) is 5.78 Å². The van der Waals surface area contributed by atoms with Crippen LogP contribution in [0.4, 0.5) is 5.82 Å². The molecule has 18 heavy (non-hydrogen) atoms. The van der Waals surface area contributed by atoms with Crippen molar-refractivity contribution in [3.63, 3.8) is 0 Å². The summed E-state index contributed by atoms with van der Waals surface area (Å²) in [4.78, 5) is 17.4. The van der Waals surface area contributed by atoms with E-state index in [4.69, 9.17) is 0 Å². The average molecular weight is 242 g/mol. The first-order valence-corrected chi connectivity index (χ1v) is 5.70. The Labute approximate surface area is 108 Å². The van der Waals surface area contributed by atoms with Crippen LogP contribution in [-0.4, -0.2) is 24.4 Å². The van der Waals surface area contributed by atoms with Crippen LogP contribution in [0, 0.1) is 0 Å². The van der Waals surface area contributed by atoms with E-state index >= 15 is 0 Å². The van der Waals surface area contributed by atoms with Gasteiger partial charge in [0.2, 0.25) is 0 Å². The molecule has 1 rings (SSSR count). The van der Waals surface area contributed by atoms with Crippen molar-refractivity contribution in [1.29, 1.82) is 0 Å². The lowest BCUT2D eigenvalue weighted by Gasteiger charge is -2.18. The second kappa shape index (κ2) is 6.55. The highest BCUT2D eigenvalue weighted by molar-refractivity contribution is 5.93. The summed E-state index contributed by atoms with van der Waals surface area (Å²) in [6, 6.07) is 3.62. The molecular formula is C15H18N2O. The van der Waals surface area contributed by atoms with Gasteiger partial charge in [-0.15, -0.1) is 0 Å². The maximum atomic E-state index is 11.1. The molecule has 0 radical (unpaired) electrons. The van der Waals surface area contributed by atoms with Crippen LogP contribution >= 0.6 is 0 Å². The lowest BCUT2D eigenvalue weighted by molar-refractivity contribution is 0.101. The zero-order valence-corrected chi connectivity index (χ0v) is 10.9. The molecule has 0 saturated carbocycles. The summed E-state index contributed by atoms with van der Waals surface area (Å²) in [7, 11) is 1.94. The number of hydrogen-bond donors (Lipinski definition) is 0. The average Bonchev–Trinajstić information content (AvgIpc) is 2.38. The molecule has 0 saturated heterocycles. The lowest BCUT2D eigenvalue weighted by atomic mass is 10.2. The van der Waals surface area contributed by atoms with Gasteiger partial charge in [0.25, 0.3) is 0 Å². The van der Waals surface area contributed by atoms with Gasteiger partial charge < -0.3 is 4.90 Å².